The lowest BCUT2D eigenvalue weighted by Crippen LogP contribution is -2.13. The zero-order valence-corrected chi connectivity index (χ0v) is 14.9. The third-order valence-corrected chi connectivity index (χ3v) is 4.04. The predicted molar refractivity (Wildman–Crippen MR) is 102 cm³/mol. The fourth-order valence-corrected chi connectivity index (χ4v) is 2.78. The van der Waals surface area contributed by atoms with Gasteiger partial charge in [0.2, 0.25) is 5.91 Å². The van der Waals surface area contributed by atoms with Gasteiger partial charge in [-0.15, -0.1) is 0 Å². The average Bonchev–Trinajstić information content (AvgIpc) is 3.03. The Balaban J connectivity index is 1.55. The topological polar surface area (TPSA) is 71.2 Å². The maximum atomic E-state index is 12.2. The molecule has 0 bridgehead atoms. The molecule has 2 aromatic carbocycles. The molecule has 0 unspecified atom stereocenters. The van der Waals surface area contributed by atoms with Crippen LogP contribution in [-0.4, -0.2) is 23.0 Å². The monoisotopic (exact) mass is 350 g/mol. The number of aromatic amines is 1. The summed E-state index contributed by atoms with van der Waals surface area (Å²) in [5, 5.41) is 4.00. The van der Waals surface area contributed by atoms with E-state index in [1.165, 1.54) is 0 Å². The van der Waals surface area contributed by atoms with Crippen molar-refractivity contribution in [3.05, 3.63) is 65.9 Å². The Hall–Kier alpha value is -3.08. The summed E-state index contributed by atoms with van der Waals surface area (Å²) in [4.78, 5) is 27.2. The molecule has 5 nitrogen and oxygen atoms in total. The van der Waals surface area contributed by atoms with Gasteiger partial charge >= 0.3 is 5.97 Å². The molecule has 0 fully saturated rings. The van der Waals surface area contributed by atoms with Gasteiger partial charge in [-0.05, 0) is 56.2 Å². The van der Waals surface area contributed by atoms with Crippen molar-refractivity contribution in [3.63, 3.8) is 0 Å². The van der Waals surface area contributed by atoms with Crippen molar-refractivity contribution >= 4 is 28.5 Å². The molecule has 3 aromatic rings. The van der Waals surface area contributed by atoms with Gasteiger partial charge in [0.25, 0.3) is 0 Å². The van der Waals surface area contributed by atoms with Crippen LogP contribution >= 0.6 is 0 Å². The highest BCUT2D eigenvalue weighted by Gasteiger charge is 2.10. The van der Waals surface area contributed by atoms with Crippen LogP contribution in [0, 0.1) is 0 Å². The smallest absolute Gasteiger partial charge is 0.338 e. The molecule has 3 rings (SSSR count). The summed E-state index contributed by atoms with van der Waals surface area (Å²) in [6, 6.07) is 14.8. The van der Waals surface area contributed by atoms with Crippen molar-refractivity contribution in [3.8, 4) is 0 Å². The van der Waals surface area contributed by atoms with Gasteiger partial charge in [0, 0.05) is 29.2 Å². The minimum Gasteiger partial charge on any atom is -0.459 e. The average molecular weight is 350 g/mol. The van der Waals surface area contributed by atoms with E-state index >= 15 is 0 Å². The number of amides is 1. The molecular weight excluding hydrogens is 328 g/mol. The van der Waals surface area contributed by atoms with Crippen molar-refractivity contribution < 1.29 is 14.3 Å². The Labute approximate surface area is 152 Å². The number of esters is 1. The Morgan fingerprint density at radius 3 is 2.54 bits per heavy atom. The Morgan fingerprint density at radius 1 is 1.08 bits per heavy atom. The van der Waals surface area contributed by atoms with Gasteiger partial charge in [0.1, 0.15) is 0 Å². The number of nitrogens with one attached hydrogen (secondary N) is 2. The second-order valence-corrected chi connectivity index (χ2v) is 6.44. The van der Waals surface area contributed by atoms with Gasteiger partial charge in [0.15, 0.2) is 0 Å². The number of benzene rings is 2. The highest BCUT2D eigenvalue weighted by molar-refractivity contribution is 5.93. The van der Waals surface area contributed by atoms with E-state index in [1.807, 2.05) is 30.5 Å². The molecule has 0 aliphatic heterocycles. The van der Waals surface area contributed by atoms with E-state index in [9.17, 15) is 9.59 Å². The zero-order valence-electron chi connectivity index (χ0n) is 14.9. The van der Waals surface area contributed by atoms with Crippen molar-refractivity contribution in [2.45, 2.75) is 32.8 Å². The molecule has 1 heterocycles. The molecule has 0 spiro atoms. The van der Waals surface area contributed by atoms with Crippen LogP contribution in [0.25, 0.3) is 10.9 Å². The minimum absolute atomic E-state index is 0.0622. The van der Waals surface area contributed by atoms with Crippen LogP contribution in [0.5, 0.6) is 0 Å². The van der Waals surface area contributed by atoms with Gasteiger partial charge in [0.05, 0.1) is 11.7 Å². The van der Waals surface area contributed by atoms with Crippen molar-refractivity contribution in [2.75, 3.05) is 5.32 Å². The maximum absolute atomic E-state index is 12.2. The first-order valence-corrected chi connectivity index (χ1v) is 8.69. The van der Waals surface area contributed by atoms with Crippen molar-refractivity contribution in [1.82, 2.24) is 4.98 Å². The van der Waals surface area contributed by atoms with E-state index in [2.05, 4.69) is 10.3 Å². The fourth-order valence-electron chi connectivity index (χ4n) is 2.78. The van der Waals surface area contributed by atoms with E-state index in [4.69, 9.17) is 4.74 Å². The van der Waals surface area contributed by atoms with Gasteiger partial charge in [-0.3, -0.25) is 4.79 Å². The largest absolute Gasteiger partial charge is 0.459 e. The molecule has 26 heavy (non-hydrogen) atoms. The summed E-state index contributed by atoms with van der Waals surface area (Å²) >= 11 is 0. The number of para-hydroxylation sites is 1. The minimum atomic E-state index is -0.364. The Kier molecular flexibility index (Phi) is 5.37. The third kappa shape index (κ3) is 4.30. The lowest BCUT2D eigenvalue weighted by atomic mass is 10.1. The quantitative estimate of drug-likeness (QED) is 0.651. The maximum Gasteiger partial charge on any atom is 0.338 e. The summed E-state index contributed by atoms with van der Waals surface area (Å²) in [6.45, 7) is 3.61. The molecule has 5 heteroatoms. The van der Waals surface area contributed by atoms with Crippen LogP contribution in [0.15, 0.2) is 54.7 Å². The number of H-pyrrole nitrogens is 1. The van der Waals surface area contributed by atoms with Crippen LogP contribution in [0.3, 0.4) is 0 Å². The number of anilines is 1. The number of hydrogen-bond donors (Lipinski definition) is 2. The van der Waals surface area contributed by atoms with Gasteiger partial charge < -0.3 is 15.0 Å². The second kappa shape index (κ2) is 7.87. The number of fused-ring (bicyclic) bond motifs is 1. The SMILES string of the molecule is CC(C)OC(=O)c1ccc(NC(=O)CCc2c[nH]c3ccccc23)cc1. The van der Waals surface area contributed by atoms with Crippen LogP contribution in [0.4, 0.5) is 5.69 Å². The van der Waals surface area contributed by atoms with E-state index in [0.717, 1.165) is 16.5 Å². The first kappa shape index (κ1) is 17.7. The molecular formula is C21H22N2O3. The summed E-state index contributed by atoms with van der Waals surface area (Å²) < 4.78 is 5.14. The fraction of sp³-hybridized carbons (Fsp3) is 0.238. The molecule has 0 aliphatic carbocycles. The van der Waals surface area contributed by atoms with Crippen molar-refractivity contribution in [2.24, 2.45) is 0 Å². The predicted octanol–water partition coefficient (Wildman–Crippen LogP) is 4.30. The summed E-state index contributed by atoms with van der Waals surface area (Å²) in [5.41, 5.74) is 3.33. The summed E-state index contributed by atoms with van der Waals surface area (Å²) in [7, 11) is 0. The molecule has 0 aliphatic rings. The van der Waals surface area contributed by atoms with Crippen LogP contribution in [-0.2, 0) is 16.0 Å². The van der Waals surface area contributed by atoms with Gasteiger partial charge in [-0.25, -0.2) is 4.79 Å². The number of aromatic nitrogens is 1. The number of ether oxygens (including phenoxy) is 1. The molecule has 1 amide bonds. The number of aryl methyl sites for hydroxylation is 1. The van der Waals surface area contributed by atoms with E-state index in [0.29, 0.717) is 24.1 Å². The Bertz CT molecular complexity index is 910. The highest BCUT2D eigenvalue weighted by Crippen LogP contribution is 2.19. The lowest BCUT2D eigenvalue weighted by Gasteiger charge is -2.09. The first-order valence-electron chi connectivity index (χ1n) is 8.69. The molecule has 0 atom stereocenters. The molecule has 0 saturated heterocycles. The van der Waals surface area contributed by atoms with E-state index < -0.39 is 0 Å². The van der Waals surface area contributed by atoms with Crippen molar-refractivity contribution in [1.29, 1.82) is 0 Å². The number of carbonyl (C=O) groups is 2. The number of carbonyl (C=O) groups excluding carboxylic acids is 2. The molecule has 0 radical (unpaired) electrons. The van der Waals surface area contributed by atoms with Gasteiger partial charge in [-0.1, -0.05) is 18.2 Å². The third-order valence-electron chi connectivity index (χ3n) is 4.04. The highest BCUT2D eigenvalue weighted by atomic mass is 16.5. The van der Waals surface area contributed by atoms with Crippen LogP contribution in [0.1, 0.15) is 36.2 Å². The molecule has 2 N–H and O–H groups in total. The normalized spacial score (nSPS) is 10.9. The van der Waals surface area contributed by atoms with Crippen LogP contribution < -0.4 is 5.32 Å². The number of rotatable bonds is 6. The second-order valence-electron chi connectivity index (χ2n) is 6.44. The lowest BCUT2D eigenvalue weighted by molar-refractivity contribution is -0.116. The number of hydrogen-bond acceptors (Lipinski definition) is 3. The molecule has 0 saturated carbocycles. The Morgan fingerprint density at radius 2 is 1.81 bits per heavy atom. The van der Waals surface area contributed by atoms with Crippen LogP contribution in [0.2, 0.25) is 0 Å². The molecule has 1 aromatic heterocycles. The van der Waals surface area contributed by atoms with E-state index in [1.54, 1.807) is 38.1 Å². The molecule has 134 valence electrons. The zero-order chi connectivity index (χ0) is 18.5. The summed E-state index contributed by atoms with van der Waals surface area (Å²) in [6.07, 6.45) is 2.84. The van der Waals surface area contributed by atoms with E-state index in [-0.39, 0.29) is 18.0 Å². The van der Waals surface area contributed by atoms with Gasteiger partial charge in [-0.2, -0.15) is 0 Å². The summed E-state index contributed by atoms with van der Waals surface area (Å²) in [5.74, 6) is -0.426. The first-order chi connectivity index (χ1) is 12.5. The standard InChI is InChI=1S/C21H22N2O3/c1-14(2)26-21(25)15-7-10-17(11-8-15)23-20(24)12-9-16-13-22-19-6-4-3-5-18(16)19/h3-8,10-11,13-14,22H,9,12H2,1-2H3,(H,23,24).